The smallest absolute Gasteiger partial charge is 0.227 e. The molecule has 0 spiro atoms. The molecule has 1 fully saturated rings. The zero-order valence-corrected chi connectivity index (χ0v) is 10.1. The van der Waals surface area contributed by atoms with E-state index in [4.69, 9.17) is 17.3 Å². The first-order valence-corrected chi connectivity index (χ1v) is 5.91. The molecule has 1 heterocycles. The highest BCUT2D eigenvalue weighted by molar-refractivity contribution is 6.30. The first-order valence-electron chi connectivity index (χ1n) is 5.53. The molecule has 1 amide bonds. The van der Waals surface area contributed by atoms with Gasteiger partial charge in [-0.2, -0.15) is 0 Å². The van der Waals surface area contributed by atoms with Gasteiger partial charge in [-0.25, -0.2) is 4.39 Å². The highest BCUT2D eigenvalue weighted by Crippen LogP contribution is 2.16. The lowest BCUT2D eigenvalue weighted by Crippen LogP contribution is -2.32. The fourth-order valence-corrected chi connectivity index (χ4v) is 2.26. The van der Waals surface area contributed by atoms with Crippen molar-refractivity contribution in [1.29, 1.82) is 0 Å². The topological polar surface area (TPSA) is 46.3 Å². The third-order valence-corrected chi connectivity index (χ3v) is 3.07. The van der Waals surface area contributed by atoms with Crippen molar-refractivity contribution in [1.82, 2.24) is 4.90 Å². The van der Waals surface area contributed by atoms with Crippen molar-refractivity contribution in [3.05, 3.63) is 34.6 Å². The molecular weight excluding hydrogens is 243 g/mol. The van der Waals surface area contributed by atoms with E-state index in [1.165, 1.54) is 12.1 Å². The zero-order valence-electron chi connectivity index (χ0n) is 9.33. The number of likely N-dealkylation sites (tertiary alicyclic amines) is 1. The number of carbonyl (C=O) groups excluding carboxylic acids is 1. The van der Waals surface area contributed by atoms with Crippen LogP contribution in [0, 0.1) is 5.82 Å². The standard InChI is InChI=1S/C12H14ClFN2O/c13-9-3-8(4-10(14)6-9)5-12(17)16-2-1-11(15)7-16/h3-4,6,11H,1-2,5,7,15H2/t11-/m0/s1. The molecule has 17 heavy (non-hydrogen) atoms. The molecular formula is C12H14ClFN2O. The lowest BCUT2D eigenvalue weighted by Gasteiger charge is -2.15. The predicted molar refractivity (Wildman–Crippen MR) is 64.3 cm³/mol. The minimum atomic E-state index is -0.418. The van der Waals surface area contributed by atoms with E-state index in [1.807, 2.05) is 0 Å². The molecule has 2 rings (SSSR count). The van der Waals surface area contributed by atoms with Gasteiger partial charge in [0, 0.05) is 24.2 Å². The van der Waals surface area contributed by atoms with Crippen molar-refractivity contribution in [2.45, 2.75) is 18.9 Å². The highest BCUT2D eigenvalue weighted by Gasteiger charge is 2.23. The van der Waals surface area contributed by atoms with E-state index in [0.29, 0.717) is 23.7 Å². The summed E-state index contributed by atoms with van der Waals surface area (Å²) in [6, 6.07) is 4.23. The van der Waals surface area contributed by atoms with Crippen molar-refractivity contribution >= 4 is 17.5 Å². The maximum absolute atomic E-state index is 13.1. The molecule has 1 aliphatic heterocycles. The summed E-state index contributed by atoms with van der Waals surface area (Å²) in [5.41, 5.74) is 6.33. The molecule has 0 aliphatic carbocycles. The normalized spacial score (nSPS) is 19.7. The lowest BCUT2D eigenvalue weighted by molar-refractivity contribution is -0.129. The van der Waals surface area contributed by atoms with Crippen LogP contribution in [0.5, 0.6) is 0 Å². The van der Waals surface area contributed by atoms with Gasteiger partial charge in [-0.1, -0.05) is 11.6 Å². The third-order valence-electron chi connectivity index (χ3n) is 2.86. The van der Waals surface area contributed by atoms with Crippen LogP contribution in [0.4, 0.5) is 4.39 Å². The van der Waals surface area contributed by atoms with Gasteiger partial charge >= 0.3 is 0 Å². The van der Waals surface area contributed by atoms with Crippen LogP contribution in [-0.4, -0.2) is 29.9 Å². The number of carbonyl (C=O) groups is 1. The fourth-order valence-electron chi connectivity index (χ4n) is 2.01. The Morgan fingerprint density at radius 1 is 1.53 bits per heavy atom. The molecule has 3 nitrogen and oxygen atoms in total. The van der Waals surface area contributed by atoms with Crippen LogP contribution in [0.25, 0.3) is 0 Å². The van der Waals surface area contributed by atoms with E-state index in [-0.39, 0.29) is 18.4 Å². The van der Waals surface area contributed by atoms with E-state index in [9.17, 15) is 9.18 Å². The van der Waals surface area contributed by atoms with Gasteiger partial charge in [-0.05, 0) is 30.2 Å². The summed E-state index contributed by atoms with van der Waals surface area (Å²) in [5.74, 6) is -0.446. The highest BCUT2D eigenvalue weighted by atomic mass is 35.5. The second kappa shape index (κ2) is 5.02. The van der Waals surface area contributed by atoms with E-state index in [1.54, 1.807) is 11.0 Å². The van der Waals surface area contributed by atoms with Crippen LogP contribution < -0.4 is 5.73 Å². The van der Waals surface area contributed by atoms with Crippen LogP contribution >= 0.6 is 11.6 Å². The minimum Gasteiger partial charge on any atom is -0.341 e. The maximum atomic E-state index is 13.1. The molecule has 1 aliphatic rings. The summed E-state index contributed by atoms with van der Waals surface area (Å²) in [6.07, 6.45) is 1.000. The van der Waals surface area contributed by atoms with Gasteiger partial charge < -0.3 is 10.6 Å². The van der Waals surface area contributed by atoms with Crippen LogP contribution in [0.2, 0.25) is 5.02 Å². The predicted octanol–water partition coefficient (Wildman–Crippen LogP) is 1.58. The van der Waals surface area contributed by atoms with Crippen molar-refractivity contribution in [3.8, 4) is 0 Å². The average Bonchev–Trinajstić information content (AvgIpc) is 2.63. The number of nitrogens with zero attached hydrogens (tertiary/aromatic N) is 1. The number of benzene rings is 1. The summed E-state index contributed by atoms with van der Waals surface area (Å²) in [5, 5.41) is 0.311. The summed E-state index contributed by atoms with van der Waals surface area (Å²) < 4.78 is 13.1. The summed E-state index contributed by atoms with van der Waals surface area (Å²) >= 11 is 5.73. The van der Waals surface area contributed by atoms with Crippen LogP contribution in [0.1, 0.15) is 12.0 Å². The van der Waals surface area contributed by atoms with Crippen molar-refractivity contribution in [2.75, 3.05) is 13.1 Å². The number of rotatable bonds is 2. The molecule has 0 saturated carbocycles. The van der Waals surface area contributed by atoms with Crippen LogP contribution in [0.3, 0.4) is 0 Å². The second-order valence-corrected chi connectivity index (χ2v) is 4.78. The van der Waals surface area contributed by atoms with Gasteiger partial charge in [0.2, 0.25) is 5.91 Å². The molecule has 0 radical (unpaired) electrons. The largest absolute Gasteiger partial charge is 0.341 e. The van der Waals surface area contributed by atoms with E-state index in [0.717, 1.165) is 6.42 Å². The molecule has 1 aromatic carbocycles. The van der Waals surface area contributed by atoms with Gasteiger partial charge in [0.25, 0.3) is 0 Å². The Morgan fingerprint density at radius 2 is 2.29 bits per heavy atom. The molecule has 5 heteroatoms. The van der Waals surface area contributed by atoms with E-state index >= 15 is 0 Å². The first kappa shape index (κ1) is 12.3. The molecule has 1 aromatic rings. The Balaban J connectivity index is 2.03. The van der Waals surface area contributed by atoms with E-state index in [2.05, 4.69) is 0 Å². The number of amides is 1. The Bertz CT molecular complexity index is 418. The summed E-state index contributed by atoms with van der Waals surface area (Å²) in [4.78, 5) is 13.6. The number of nitrogens with two attached hydrogens (primary N) is 1. The first-order chi connectivity index (χ1) is 8.04. The summed E-state index contributed by atoms with van der Waals surface area (Å²) in [6.45, 7) is 1.27. The molecule has 0 aromatic heterocycles. The molecule has 2 N–H and O–H groups in total. The number of hydrogen-bond donors (Lipinski definition) is 1. The average molecular weight is 257 g/mol. The minimum absolute atomic E-state index is 0.0281. The SMILES string of the molecule is N[C@H]1CCN(C(=O)Cc2cc(F)cc(Cl)c2)C1. The van der Waals surface area contributed by atoms with Gasteiger partial charge in [0.15, 0.2) is 0 Å². The molecule has 1 atom stereocenters. The van der Waals surface area contributed by atoms with Crippen molar-refractivity contribution in [2.24, 2.45) is 5.73 Å². The lowest BCUT2D eigenvalue weighted by atomic mass is 10.1. The number of hydrogen-bond acceptors (Lipinski definition) is 2. The van der Waals surface area contributed by atoms with E-state index < -0.39 is 5.82 Å². The van der Waals surface area contributed by atoms with Gasteiger partial charge in [0.1, 0.15) is 5.82 Å². The maximum Gasteiger partial charge on any atom is 0.227 e. The quantitative estimate of drug-likeness (QED) is 0.873. The third kappa shape index (κ3) is 3.17. The number of halogens is 2. The van der Waals surface area contributed by atoms with Crippen LogP contribution in [-0.2, 0) is 11.2 Å². The van der Waals surface area contributed by atoms with Gasteiger partial charge in [0.05, 0.1) is 6.42 Å². The van der Waals surface area contributed by atoms with Gasteiger partial charge in [-0.15, -0.1) is 0 Å². The fraction of sp³-hybridized carbons (Fsp3) is 0.417. The van der Waals surface area contributed by atoms with Gasteiger partial charge in [-0.3, -0.25) is 4.79 Å². The Hall–Kier alpha value is -1.13. The second-order valence-electron chi connectivity index (χ2n) is 4.34. The molecule has 0 unspecified atom stereocenters. The Labute approximate surface area is 104 Å². The zero-order chi connectivity index (χ0) is 12.4. The summed E-state index contributed by atoms with van der Waals surface area (Å²) in [7, 11) is 0. The Kier molecular flexibility index (Phi) is 3.64. The molecule has 0 bridgehead atoms. The Morgan fingerprint density at radius 3 is 2.88 bits per heavy atom. The van der Waals surface area contributed by atoms with Crippen molar-refractivity contribution < 1.29 is 9.18 Å². The monoisotopic (exact) mass is 256 g/mol. The molecule has 92 valence electrons. The van der Waals surface area contributed by atoms with Crippen molar-refractivity contribution in [3.63, 3.8) is 0 Å². The molecule has 1 saturated heterocycles. The van der Waals surface area contributed by atoms with Crippen LogP contribution in [0.15, 0.2) is 18.2 Å².